The Morgan fingerprint density at radius 1 is 1.48 bits per heavy atom. The van der Waals surface area contributed by atoms with Crippen molar-refractivity contribution >= 4 is 17.4 Å². The second-order valence-corrected chi connectivity index (χ2v) is 6.42. The maximum Gasteiger partial charge on any atom is 0.290 e. The van der Waals surface area contributed by atoms with Gasteiger partial charge < -0.3 is 15.2 Å². The summed E-state index contributed by atoms with van der Waals surface area (Å²) in [5.74, 6) is 0.515. The Bertz CT molecular complexity index is 731. The minimum atomic E-state index is -0.123. The van der Waals surface area contributed by atoms with E-state index in [4.69, 9.17) is 11.6 Å². The van der Waals surface area contributed by atoms with Crippen LogP contribution in [0, 0.1) is 6.92 Å². The molecule has 0 spiro atoms. The van der Waals surface area contributed by atoms with E-state index in [9.17, 15) is 4.79 Å². The molecule has 1 aromatic carbocycles. The predicted octanol–water partition coefficient (Wildman–Crippen LogP) is 2.49. The molecule has 0 bridgehead atoms. The van der Waals surface area contributed by atoms with Crippen molar-refractivity contribution in [1.82, 2.24) is 15.3 Å². The molecule has 0 amide bonds. The molecule has 1 saturated heterocycles. The quantitative estimate of drug-likeness (QED) is 0.903. The van der Waals surface area contributed by atoms with Gasteiger partial charge in [-0.05, 0) is 43.0 Å². The van der Waals surface area contributed by atoms with Crippen LogP contribution < -0.4 is 15.8 Å². The zero-order valence-electron chi connectivity index (χ0n) is 13.2. The van der Waals surface area contributed by atoms with E-state index in [0.717, 1.165) is 37.5 Å². The predicted molar refractivity (Wildman–Crippen MR) is 93.1 cm³/mol. The molecule has 1 aliphatic rings. The second kappa shape index (κ2) is 7.15. The number of nitrogens with one attached hydrogen (secondary N) is 2. The molecule has 0 saturated carbocycles. The zero-order valence-corrected chi connectivity index (χ0v) is 13.9. The number of halogens is 1. The van der Waals surface area contributed by atoms with Gasteiger partial charge in [-0.2, -0.15) is 0 Å². The summed E-state index contributed by atoms with van der Waals surface area (Å²) in [6.07, 6.45) is 5.35. The summed E-state index contributed by atoms with van der Waals surface area (Å²) in [6.45, 7) is 4.55. The molecular weight excluding hydrogens is 312 g/mol. The number of nitrogens with zero attached hydrogens (tertiary/aromatic N) is 2. The molecule has 122 valence electrons. The van der Waals surface area contributed by atoms with Crippen molar-refractivity contribution in [2.75, 3.05) is 18.0 Å². The van der Waals surface area contributed by atoms with Gasteiger partial charge in [-0.15, -0.1) is 0 Å². The Balaban J connectivity index is 1.63. The number of hydrogen-bond donors (Lipinski definition) is 2. The van der Waals surface area contributed by atoms with E-state index >= 15 is 0 Å². The van der Waals surface area contributed by atoms with Crippen LogP contribution in [0.2, 0.25) is 5.02 Å². The highest BCUT2D eigenvalue weighted by Gasteiger charge is 2.22. The van der Waals surface area contributed by atoms with Crippen LogP contribution in [0.3, 0.4) is 0 Å². The molecule has 0 radical (unpaired) electrons. The van der Waals surface area contributed by atoms with Gasteiger partial charge in [0.15, 0.2) is 5.82 Å². The van der Waals surface area contributed by atoms with E-state index in [-0.39, 0.29) is 5.56 Å². The van der Waals surface area contributed by atoms with Gasteiger partial charge in [0.25, 0.3) is 5.56 Å². The normalized spacial score (nSPS) is 18.2. The summed E-state index contributed by atoms with van der Waals surface area (Å²) < 4.78 is 0. The van der Waals surface area contributed by atoms with Crippen LogP contribution in [0.15, 0.2) is 35.4 Å². The molecule has 2 heterocycles. The summed E-state index contributed by atoms with van der Waals surface area (Å²) in [5.41, 5.74) is 2.32. The van der Waals surface area contributed by atoms with E-state index in [1.807, 2.05) is 12.1 Å². The number of benzene rings is 1. The third-order valence-electron chi connectivity index (χ3n) is 4.30. The van der Waals surface area contributed by atoms with Gasteiger partial charge in [0.05, 0.1) is 0 Å². The first-order valence-electron chi connectivity index (χ1n) is 7.90. The topological polar surface area (TPSA) is 61.0 Å². The van der Waals surface area contributed by atoms with E-state index in [1.54, 1.807) is 12.4 Å². The third-order valence-corrected chi connectivity index (χ3v) is 4.53. The Morgan fingerprint density at radius 2 is 2.35 bits per heavy atom. The fourth-order valence-electron chi connectivity index (χ4n) is 3.02. The molecule has 1 aliphatic heterocycles. The van der Waals surface area contributed by atoms with Crippen LogP contribution in [0.5, 0.6) is 0 Å². The number of aromatic nitrogens is 2. The zero-order chi connectivity index (χ0) is 16.2. The summed E-state index contributed by atoms with van der Waals surface area (Å²) in [6, 6.07) is 6.32. The number of H-pyrrole nitrogens is 1. The minimum absolute atomic E-state index is 0.123. The van der Waals surface area contributed by atoms with Crippen molar-refractivity contribution in [1.29, 1.82) is 0 Å². The summed E-state index contributed by atoms with van der Waals surface area (Å²) in [5, 5.41) is 4.36. The number of aryl methyl sites for hydroxylation is 1. The van der Waals surface area contributed by atoms with E-state index in [2.05, 4.69) is 33.2 Å². The molecule has 2 aromatic rings. The Hall–Kier alpha value is -1.85. The average molecular weight is 333 g/mol. The second-order valence-electron chi connectivity index (χ2n) is 5.98. The molecule has 1 atom stereocenters. The lowest BCUT2D eigenvalue weighted by Crippen LogP contribution is -2.47. The van der Waals surface area contributed by atoms with Crippen molar-refractivity contribution in [2.45, 2.75) is 32.4 Å². The van der Waals surface area contributed by atoms with Gasteiger partial charge in [-0.3, -0.25) is 4.79 Å². The van der Waals surface area contributed by atoms with Crippen LogP contribution in [0.4, 0.5) is 5.82 Å². The molecule has 6 heteroatoms. The van der Waals surface area contributed by atoms with Crippen molar-refractivity contribution < 1.29 is 0 Å². The molecule has 5 nitrogen and oxygen atoms in total. The first kappa shape index (κ1) is 16.0. The lowest BCUT2D eigenvalue weighted by molar-refractivity contribution is 0.419. The number of hydrogen-bond acceptors (Lipinski definition) is 4. The highest BCUT2D eigenvalue weighted by atomic mass is 35.5. The molecule has 0 aliphatic carbocycles. The molecule has 1 aromatic heterocycles. The molecule has 3 rings (SSSR count). The monoisotopic (exact) mass is 332 g/mol. The van der Waals surface area contributed by atoms with Gasteiger partial charge in [0.1, 0.15) is 0 Å². The van der Waals surface area contributed by atoms with Crippen LogP contribution in [-0.4, -0.2) is 29.1 Å². The number of rotatable bonds is 4. The van der Waals surface area contributed by atoms with Crippen LogP contribution >= 0.6 is 11.6 Å². The lowest BCUT2D eigenvalue weighted by Gasteiger charge is -2.33. The molecule has 0 unspecified atom stereocenters. The fourth-order valence-corrected chi connectivity index (χ4v) is 3.24. The summed E-state index contributed by atoms with van der Waals surface area (Å²) in [7, 11) is 0. The Morgan fingerprint density at radius 3 is 3.13 bits per heavy atom. The summed E-state index contributed by atoms with van der Waals surface area (Å²) in [4.78, 5) is 20.9. The largest absolute Gasteiger partial charge is 0.350 e. The Kier molecular flexibility index (Phi) is 4.98. The van der Waals surface area contributed by atoms with Gasteiger partial charge in [-0.25, -0.2) is 4.98 Å². The molecule has 1 fully saturated rings. The standard InChI is InChI=1S/C17H21ClN4O/c1-12-9-14(18)5-4-13(12)10-21-15-3-2-8-22(11-15)16-17(23)20-7-6-19-16/h4-7,9,15,21H,2-3,8,10-11H2,1H3,(H,20,23)/t15-/m0/s1. The van der Waals surface area contributed by atoms with E-state index < -0.39 is 0 Å². The SMILES string of the molecule is Cc1cc(Cl)ccc1CN[C@H]1CCCN(c2ncc[nH]c2=O)C1. The van der Waals surface area contributed by atoms with Crippen LogP contribution in [0.1, 0.15) is 24.0 Å². The molecular formula is C17H21ClN4O. The molecule has 2 N–H and O–H groups in total. The van der Waals surface area contributed by atoms with E-state index in [1.165, 1.54) is 11.1 Å². The van der Waals surface area contributed by atoms with Crippen LogP contribution in [-0.2, 0) is 6.54 Å². The van der Waals surface area contributed by atoms with Gasteiger partial charge in [0, 0.05) is 43.1 Å². The first-order chi connectivity index (χ1) is 11.1. The highest BCUT2D eigenvalue weighted by molar-refractivity contribution is 6.30. The highest BCUT2D eigenvalue weighted by Crippen LogP contribution is 2.17. The van der Waals surface area contributed by atoms with Gasteiger partial charge in [0.2, 0.25) is 0 Å². The number of anilines is 1. The number of piperidine rings is 1. The minimum Gasteiger partial charge on any atom is -0.350 e. The maximum absolute atomic E-state index is 11.9. The third kappa shape index (κ3) is 3.92. The van der Waals surface area contributed by atoms with Gasteiger partial charge >= 0.3 is 0 Å². The number of aromatic amines is 1. The van der Waals surface area contributed by atoms with Crippen LogP contribution in [0.25, 0.3) is 0 Å². The van der Waals surface area contributed by atoms with Crippen molar-refractivity contribution in [3.8, 4) is 0 Å². The smallest absolute Gasteiger partial charge is 0.290 e. The first-order valence-corrected chi connectivity index (χ1v) is 8.28. The maximum atomic E-state index is 11.9. The van der Waals surface area contributed by atoms with Crippen molar-refractivity contribution in [2.24, 2.45) is 0 Å². The fraction of sp³-hybridized carbons (Fsp3) is 0.412. The van der Waals surface area contributed by atoms with Crippen molar-refractivity contribution in [3.63, 3.8) is 0 Å². The molecule has 23 heavy (non-hydrogen) atoms. The van der Waals surface area contributed by atoms with Gasteiger partial charge in [-0.1, -0.05) is 17.7 Å². The Labute approximate surface area is 140 Å². The van der Waals surface area contributed by atoms with Crippen molar-refractivity contribution in [3.05, 3.63) is 57.1 Å². The van der Waals surface area contributed by atoms with E-state index in [0.29, 0.717) is 11.9 Å². The average Bonchev–Trinajstić information content (AvgIpc) is 2.55. The summed E-state index contributed by atoms with van der Waals surface area (Å²) >= 11 is 6.00. The lowest BCUT2D eigenvalue weighted by atomic mass is 10.0.